The van der Waals surface area contributed by atoms with E-state index >= 15 is 0 Å². The van der Waals surface area contributed by atoms with Crippen LogP contribution < -0.4 is 10.1 Å². The average Bonchev–Trinajstić information content (AvgIpc) is 2.25. The summed E-state index contributed by atoms with van der Waals surface area (Å²) in [6, 6.07) is 4.37. The molecule has 0 aliphatic heterocycles. The Labute approximate surface area is 105 Å². The van der Waals surface area contributed by atoms with Crippen LogP contribution in [0, 0.1) is 0 Å². The monoisotopic (exact) mass is 236 g/mol. The van der Waals surface area contributed by atoms with Gasteiger partial charge in [-0.2, -0.15) is 0 Å². The normalized spacial score (nSPS) is 13.5. The average molecular weight is 236 g/mol. The van der Waals surface area contributed by atoms with Crippen LogP contribution in [-0.2, 0) is 0 Å². The van der Waals surface area contributed by atoms with Gasteiger partial charge in [-0.15, -0.1) is 0 Å². The standard InChI is InChI=1S/C14H24N2O/c1-6-12(15-7-2)13-9-8-11(10-16-13)17-14(3,4)5/h8-10,12,15H,6-7H2,1-5H3. The Balaban J connectivity index is 2.73. The van der Waals surface area contributed by atoms with Crippen molar-refractivity contribution in [2.45, 2.75) is 52.7 Å². The molecule has 1 aromatic rings. The second-order valence-electron chi connectivity index (χ2n) is 5.15. The number of ether oxygens (including phenoxy) is 1. The first-order chi connectivity index (χ1) is 7.96. The van der Waals surface area contributed by atoms with E-state index in [4.69, 9.17) is 4.74 Å². The number of aromatic nitrogens is 1. The summed E-state index contributed by atoms with van der Waals surface area (Å²) in [5.41, 5.74) is 0.908. The lowest BCUT2D eigenvalue weighted by atomic mass is 10.1. The number of hydrogen-bond acceptors (Lipinski definition) is 3. The van der Waals surface area contributed by atoms with E-state index in [1.807, 2.05) is 32.9 Å². The Hall–Kier alpha value is -1.09. The van der Waals surface area contributed by atoms with Crippen molar-refractivity contribution in [1.29, 1.82) is 0 Å². The minimum atomic E-state index is -0.172. The number of rotatable bonds is 5. The van der Waals surface area contributed by atoms with Crippen LogP contribution in [0.3, 0.4) is 0 Å². The highest BCUT2D eigenvalue weighted by Gasteiger charge is 2.13. The molecule has 1 rings (SSSR count). The van der Waals surface area contributed by atoms with Gasteiger partial charge in [0.2, 0.25) is 0 Å². The third kappa shape index (κ3) is 4.73. The molecule has 0 aliphatic rings. The summed E-state index contributed by atoms with van der Waals surface area (Å²) in [7, 11) is 0. The van der Waals surface area contributed by atoms with Gasteiger partial charge in [0.25, 0.3) is 0 Å². The predicted octanol–water partition coefficient (Wildman–Crippen LogP) is 3.32. The highest BCUT2D eigenvalue weighted by molar-refractivity contribution is 5.22. The molecule has 1 aromatic heterocycles. The molecule has 0 spiro atoms. The Morgan fingerprint density at radius 3 is 2.41 bits per heavy atom. The molecule has 0 aliphatic carbocycles. The second-order valence-corrected chi connectivity index (χ2v) is 5.15. The highest BCUT2D eigenvalue weighted by Crippen LogP contribution is 2.20. The van der Waals surface area contributed by atoms with E-state index in [1.165, 1.54) is 0 Å². The third-order valence-corrected chi connectivity index (χ3v) is 2.40. The summed E-state index contributed by atoms with van der Waals surface area (Å²) in [6.07, 6.45) is 2.85. The van der Waals surface area contributed by atoms with Crippen molar-refractivity contribution in [3.05, 3.63) is 24.0 Å². The molecule has 3 nitrogen and oxygen atoms in total. The van der Waals surface area contributed by atoms with Crippen LogP contribution in [0.4, 0.5) is 0 Å². The molecular weight excluding hydrogens is 212 g/mol. The molecule has 1 N–H and O–H groups in total. The molecule has 1 atom stereocenters. The lowest BCUT2D eigenvalue weighted by molar-refractivity contribution is 0.130. The zero-order chi connectivity index (χ0) is 12.9. The van der Waals surface area contributed by atoms with E-state index in [0.717, 1.165) is 24.4 Å². The van der Waals surface area contributed by atoms with Gasteiger partial charge in [-0.25, -0.2) is 0 Å². The maximum absolute atomic E-state index is 5.75. The van der Waals surface area contributed by atoms with Gasteiger partial charge in [-0.3, -0.25) is 4.98 Å². The summed E-state index contributed by atoms with van der Waals surface area (Å²) in [5.74, 6) is 0.826. The maximum atomic E-state index is 5.75. The summed E-state index contributed by atoms with van der Waals surface area (Å²) < 4.78 is 5.75. The van der Waals surface area contributed by atoms with Crippen molar-refractivity contribution >= 4 is 0 Å². The van der Waals surface area contributed by atoms with Gasteiger partial charge < -0.3 is 10.1 Å². The molecule has 17 heavy (non-hydrogen) atoms. The molecule has 0 amide bonds. The molecule has 0 saturated carbocycles. The lowest BCUT2D eigenvalue weighted by Crippen LogP contribution is -2.23. The van der Waals surface area contributed by atoms with Crippen LogP contribution in [0.2, 0.25) is 0 Å². The minimum Gasteiger partial charge on any atom is -0.487 e. The summed E-state index contributed by atoms with van der Waals surface area (Å²) in [4.78, 5) is 4.47. The van der Waals surface area contributed by atoms with Crippen LogP contribution in [0.1, 0.15) is 52.8 Å². The van der Waals surface area contributed by atoms with E-state index in [9.17, 15) is 0 Å². The highest BCUT2D eigenvalue weighted by atomic mass is 16.5. The summed E-state index contributed by atoms with van der Waals surface area (Å²) in [5, 5.41) is 3.41. The zero-order valence-electron chi connectivity index (χ0n) is 11.6. The van der Waals surface area contributed by atoms with E-state index < -0.39 is 0 Å². The van der Waals surface area contributed by atoms with Crippen molar-refractivity contribution in [3.63, 3.8) is 0 Å². The number of pyridine rings is 1. The molecule has 1 unspecified atom stereocenters. The second kappa shape index (κ2) is 6.01. The van der Waals surface area contributed by atoms with Gasteiger partial charge in [-0.1, -0.05) is 13.8 Å². The van der Waals surface area contributed by atoms with E-state index in [2.05, 4.69) is 24.1 Å². The van der Waals surface area contributed by atoms with Crippen LogP contribution in [0.15, 0.2) is 18.3 Å². The Kier molecular flexibility index (Phi) is 4.94. The predicted molar refractivity (Wildman–Crippen MR) is 71.3 cm³/mol. The fraction of sp³-hybridized carbons (Fsp3) is 0.643. The molecular formula is C14H24N2O. The van der Waals surface area contributed by atoms with Gasteiger partial charge >= 0.3 is 0 Å². The smallest absolute Gasteiger partial charge is 0.138 e. The van der Waals surface area contributed by atoms with Crippen LogP contribution in [0.5, 0.6) is 5.75 Å². The fourth-order valence-corrected chi connectivity index (χ4v) is 1.72. The minimum absolute atomic E-state index is 0.172. The Morgan fingerprint density at radius 2 is 2.00 bits per heavy atom. The number of hydrogen-bond donors (Lipinski definition) is 1. The van der Waals surface area contributed by atoms with E-state index in [0.29, 0.717) is 6.04 Å². The van der Waals surface area contributed by atoms with Gasteiger partial charge in [-0.05, 0) is 45.9 Å². The molecule has 96 valence electrons. The van der Waals surface area contributed by atoms with Gasteiger partial charge in [0.15, 0.2) is 0 Å². The molecule has 0 saturated heterocycles. The molecule has 1 heterocycles. The van der Waals surface area contributed by atoms with Crippen molar-refractivity contribution in [2.75, 3.05) is 6.54 Å². The first-order valence-electron chi connectivity index (χ1n) is 6.34. The Bertz CT molecular complexity index is 327. The first kappa shape index (κ1) is 14.0. The van der Waals surface area contributed by atoms with Crippen molar-refractivity contribution in [2.24, 2.45) is 0 Å². The van der Waals surface area contributed by atoms with Crippen molar-refractivity contribution < 1.29 is 4.74 Å². The molecule has 0 radical (unpaired) electrons. The Morgan fingerprint density at radius 1 is 1.29 bits per heavy atom. The number of nitrogens with one attached hydrogen (secondary N) is 1. The molecule has 0 aromatic carbocycles. The van der Waals surface area contributed by atoms with Gasteiger partial charge in [0.1, 0.15) is 11.4 Å². The molecule has 0 bridgehead atoms. The quantitative estimate of drug-likeness (QED) is 0.851. The summed E-state index contributed by atoms with van der Waals surface area (Å²) in [6.45, 7) is 11.3. The maximum Gasteiger partial charge on any atom is 0.138 e. The van der Waals surface area contributed by atoms with Crippen molar-refractivity contribution in [3.8, 4) is 5.75 Å². The first-order valence-corrected chi connectivity index (χ1v) is 6.34. The van der Waals surface area contributed by atoms with Crippen LogP contribution >= 0.6 is 0 Å². The van der Waals surface area contributed by atoms with Crippen LogP contribution in [0.25, 0.3) is 0 Å². The zero-order valence-corrected chi connectivity index (χ0v) is 11.6. The largest absolute Gasteiger partial charge is 0.487 e. The topological polar surface area (TPSA) is 34.1 Å². The molecule has 3 heteroatoms. The lowest BCUT2D eigenvalue weighted by Gasteiger charge is -2.21. The molecule has 0 fully saturated rings. The van der Waals surface area contributed by atoms with Gasteiger partial charge in [0, 0.05) is 6.04 Å². The van der Waals surface area contributed by atoms with E-state index in [1.54, 1.807) is 6.20 Å². The summed E-state index contributed by atoms with van der Waals surface area (Å²) >= 11 is 0. The SMILES string of the molecule is CCNC(CC)c1ccc(OC(C)(C)C)cn1. The van der Waals surface area contributed by atoms with Crippen LogP contribution in [-0.4, -0.2) is 17.1 Å². The van der Waals surface area contributed by atoms with Gasteiger partial charge in [0.05, 0.1) is 11.9 Å². The third-order valence-electron chi connectivity index (χ3n) is 2.40. The fourth-order valence-electron chi connectivity index (χ4n) is 1.72. The van der Waals surface area contributed by atoms with Crippen molar-refractivity contribution in [1.82, 2.24) is 10.3 Å². The number of nitrogens with zero attached hydrogens (tertiary/aromatic N) is 1. The van der Waals surface area contributed by atoms with E-state index in [-0.39, 0.29) is 5.60 Å².